The van der Waals surface area contributed by atoms with Gasteiger partial charge in [-0.05, 0) is 69.1 Å². The molecular weight excluding hydrogens is 681 g/mol. The third-order valence-electron chi connectivity index (χ3n) is 10.2. The van der Waals surface area contributed by atoms with Crippen molar-refractivity contribution in [3.8, 4) is 89.9 Å². The molecule has 4 nitrogen and oxygen atoms in total. The molecule has 7 aromatic carbocycles. The number of hydrogen-bond acceptors (Lipinski definition) is 4. The lowest BCUT2D eigenvalue weighted by atomic mass is 9.94. The SMILES string of the molecule is CCc1cnc(-c2ccccc2)c(-c2cccc(-c3cccc(-c4nc(-c5ccc(-c6ccccc6)cc5)nc(-c5ccc(-c6ccccc6)cc5)n4)c3)c2)c1. The normalized spacial score (nSPS) is 11.0. The van der Waals surface area contributed by atoms with Crippen LogP contribution >= 0.6 is 0 Å². The largest absolute Gasteiger partial charge is 0.255 e. The fourth-order valence-corrected chi connectivity index (χ4v) is 7.10. The fourth-order valence-electron chi connectivity index (χ4n) is 7.10. The summed E-state index contributed by atoms with van der Waals surface area (Å²) in [5.41, 5.74) is 15.1. The highest BCUT2D eigenvalue weighted by Gasteiger charge is 2.15. The zero-order valence-corrected chi connectivity index (χ0v) is 31.0. The highest BCUT2D eigenvalue weighted by molar-refractivity contribution is 5.84. The van der Waals surface area contributed by atoms with Crippen molar-refractivity contribution in [3.05, 3.63) is 206 Å². The molecule has 0 spiro atoms. The third kappa shape index (κ3) is 7.29. The summed E-state index contributed by atoms with van der Waals surface area (Å²) in [4.78, 5) is 20.2. The zero-order chi connectivity index (χ0) is 37.7. The Hall–Kier alpha value is -7.30. The Morgan fingerprint density at radius 1 is 0.321 bits per heavy atom. The van der Waals surface area contributed by atoms with Gasteiger partial charge in [0.25, 0.3) is 0 Å². The van der Waals surface area contributed by atoms with E-state index in [9.17, 15) is 0 Å². The Balaban J connectivity index is 1.11. The maximum absolute atomic E-state index is 5.10. The molecule has 0 saturated heterocycles. The van der Waals surface area contributed by atoms with Crippen molar-refractivity contribution >= 4 is 0 Å². The molecule has 0 saturated carbocycles. The highest BCUT2D eigenvalue weighted by atomic mass is 15.0. The van der Waals surface area contributed by atoms with Crippen LogP contribution in [0.3, 0.4) is 0 Å². The van der Waals surface area contributed by atoms with Gasteiger partial charge >= 0.3 is 0 Å². The molecule has 0 aliphatic heterocycles. The summed E-state index contributed by atoms with van der Waals surface area (Å²) in [6, 6.07) is 67.6. The van der Waals surface area contributed by atoms with E-state index in [2.05, 4.69) is 183 Å². The van der Waals surface area contributed by atoms with Crippen molar-refractivity contribution in [2.75, 3.05) is 0 Å². The minimum absolute atomic E-state index is 0.619. The van der Waals surface area contributed by atoms with E-state index in [4.69, 9.17) is 19.9 Å². The van der Waals surface area contributed by atoms with Crippen LogP contribution in [0.5, 0.6) is 0 Å². The van der Waals surface area contributed by atoms with Gasteiger partial charge in [0, 0.05) is 34.0 Å². The first-order valence-electron chi connectivity index (χ1n) is 19.0. The average molecular weight is 719 g/mol. The highest BCUT2D eigenvalue weighted by Crippen LogP contribution is 2.35. The summed E-state index contributed by atoms with van der Waals surface area (Å²) in [6.45, 7) is 2.17. The molecule has 0 bridgehead atoms. The van der Waals surface area contributed by atoms with Crippen LogP contribution in [0.4, 0.5) is 0 Å². The number of nitrogens with zero attached hydrogens (tertiary/aromatic N) is 4. The predicted molar refractivity (Wildman–Crippen MR) is 230 cm³/mol. The van der Waals surface area contributed by atoms with Gasteiger partial charge in [-0.2, -0.15) is 0 Å². The summed E-state index contributed by atoms with van der Waals surface area (Å²) >= 11 is 0. The smallest absolute Gasteiger partial charge is 0.164 e. The number of hydrogen-bond donors (Lipinski definition) is 0. The van der Waals surface area contributed by atoms with Crippen molar-refractivity contribution < 1.29 is 0 Å². The van der Waals surface area contributed by atoms with E-state index in [1.165, 1.54) is 16.7 Å². The van der Waals surface area contributed by atoms with Crippen molar-refractivity contribution in [2.45, 2.75) is 13.3 Å². The first-order valence-corrected chi connectivity index (χ1v) is 19.0. The molecule has 9 rings (SSSR count). The molecule has 4 heteroatoms. The minimum Gasteiger partial charge on any atom is -0.255 e. The average Bonchev–Trinajstić information content (AvgIpc) is 3.30. The molecule has 0 fully saturated rings. The van der Waals surface area contributed by atoms with Crippen LogP contribution in [0.25, 0.3) is 89.9 Å². The van der Waals surface area contributed by atoms with Gasteiger partial charge in [0.05, 0.1) is 5.69 Å². The molecule has 0 aliphatic carbocycles. The molecule has 2 heterocycles. The van der Waals surface area contributed by atoms with Gasteiger partial charge in [-0.25, -0.2) is 15.0 Å². The second kappa shape index (κ2) is 15.6. The summed E-state index contributed by atoms with van der Waals surface area (Å²) in [7, 11) is 0. The number of benzene rings is 7. The monoisotopic (exact) mass is 718 g/mol. The van der Waals surface area contributed by atoms with Gasteiger partial charge in [0.2, 0.25) is 0 Å². The van der Waals surface area contributed by atoms with Gasteiger partial charge in [0.1, 0.15) is 0 Å². The van der Waals surface area contributed by atoms with Gasteiger partial charge in [-0.1, -0.05) is 183 Å². The van der Waals surface area contributed by atoms with E-state index in [1.807, 2.05) is 24.4 Å². The van der Waals surface area contributed by atoms with Crippen LogP contribution in [-0.2, 0) is 6.42 Å². The maximum atomic E-state index is 5.10. The number of aromatic nitrogens is 4. The Kier molecular flexibility index (Phi) is 9.59. The second-order valence-electron chi connectivity index (χ2n) is 13.8. The third-order valence-corrected chi connectivity index (χ3v) is 10.2. The van der Waals surface area contributed by atoms with Gasteiger partial charge in [-0.3, -0.25) is 4.98 Å². The summed E-state index contributed by atoms with van der Waals surface area (Å²) in [5.74, 6) is 1.87. The number of aryl methyl sites for hydroxylation is 1. The van der Waals surface area contributed by atoms with Crippen LogP contribution < -0.4 is 0 Å². The van der Waals surface area contributed by atoms with Crippen molar-refractivity contribution in [1.82, 2.24) is 19.9 Å². The van der Waals surface area contributed by atoms with Gasteiger partial charge in [0.15, 0.2) is 17.5 Å². The van der Waals surface area contributed by atoms with E-state index >= 15 is 0 Å². The van der Waals surface area contributed by atoms with Crippen LogP contribution in [0.2, 0.25) is 0 Å². The lowest BCUT2D eigenvalue weighted by Crippen LogP contribution is -2.00. The molecule has 0 atom stereocenters. The maximum Gasteiger partial charge on any atom is 0.164 e. The number of rotatable bonds is 9. The van der Waals surface area contributed by atoms with E-state index in [-0.39, 0.29) is 0 Å². The Morgan fingerprint density at radius 3 is 1.20 bits per heavy atom. The molecule has 56 heavy (non-hydrogen) atoms. The van der Waals surface area contributed by atoms with Crippen LogP contribution in [0, 0.1) is 0 Å². The molecule has 9 aromatic rings. The van der Waals surface area contributed by atoms with Crippen molar-refractivity contribution in [1.29, 1.82) is 0 Å². The summed E-state index contributed by atoms with van der Waals surface area (Å²) < 4.78 is 0. The summed E-state index contributed by atoms with van der Waals surface area (Å²) in [5, 5.41) is 0. The molecule has 0 unspecified atom stereocenters. The second-order valence-corrected chi connectivity index (χ2v) is 13.8. The molecule has 0 N–H and O–H groups in total. The molecule has 0 amide bonds. The quantitative estimate of drug-likeness (QED) is 0.149. The van der Waals surface area contributed by atoms with E-state index < -0.39 is 0 Å². The first-order chi connectivity index (χ1) is 27.7. The fraction of sp³-hybridized carbons (Fsp3) is 0.0385. The van der Waals surface area contributed by atoms with Gasteiger partial charge < -0.3 is 0 Å². The molecular formula is C52H38N4. The lowest BCUT2D eigenvalue weighted by molar-refractivity contribution is 1.07. The number of pyridine rings is 1. The van der Waals surface area contributed by atoms with Crippen LogP contribution in [0.15, 0.2) is 200 Å². The Bertz CT molecular complexity index is 2640. The zero-order valence-electron chi connectivity index (χ0n) is 31.0. The van der Waals surface area contributed by atoms with Crippen molar-refractivity contribution in [2.24, 2.45) is 0 Å². The van der Waals surface area contributed by atoms with Crippen LogP contribution in [-0.4, -0.2) is 19.9 Å². The predicted octanol–water partition coefficient (Wildman–Crippen LogP) is 13.2. The topological polar surface area (TPSA) is 51.6 Å². The van der Waals surface area contributed by atoms with Gasteiger partial charge in [-0.15, -0.1) is 0 Å². The Labute approximate surface area is 327 Å². The minimum atomic E-state index is 0.619. The van der Waals surface area contributed by atoms with Crippen LogP contribution in [0.1, 0.15) is 12.5 Å². The lowest BCUT2D eigenvalue weighted by Gasteiger charge is -2.13. The van der Waals surface area contributed by atoms with E-state index in [0.29, 0.717) is 17.5 Å². The molecule has 0 aliphatic rings. The standard InChI is InChI=1S/C52H38N4/c1-2-36-32-48(49(53-35-36)41-18-10-5-11-19-41)46-22-12-20-44(33-46)45-21-13-23-47(34-45)52-55-50(42-28-24-39(25-29-42)37-14-6-3-7-15-37)54-51(56-52)43-30-26-40(27-31-43)38-16-8-4-9-17-38/h3-35H,2H2,1H3. The molecule has 0 radical (unpaired) electrons. The molecule has 2 aromatic heterocycles. The van der Waals surface area contributed by atoms with E-state index in [0.717, 1.165) is 67.7 Å². The van der Waals surface area contributed by atoms with Crippen molar-refractivity contribution in [3.63, 3.8) is 0 Å². The Morgan fingerprint density at radius 2 is 0.696 bits per heavy atom. The first kappa shape index (κ1) is 34.5. The van der Waals surface area contributed by atoms with E-state index in [1.54, 1.807) is 0 Å². The summed E-state index contributed by atoms with van der Waals surface area (Å²) in [6.07, 6.45) is 2.91. The molecule has 266 valence electrons.